The normalized spacial score (nSPS) is 54.6. The summed E-state index contributed by atoms with van der Waals surface area (Å²) in [5.74, 6) is 1.69. The maximum atomic E-state index is 13.2. The fraction of sp³-hybridized carbons (Fsp3) is 0.926. The van der Waals surface area contributed by atoms with E-state index in [2.05, 4.69) is 13.8 Å². The van der Waals surface area contributed by atoms with Crippen LogP contribution in [0.15, 0.2) is 0 Å². The second-order valence-corrected chi connectivity index (χ2v) is 12.6. The molecular weight excluding hydrogens is 404 g/mol. The Kier molecular flexibility index (Phi) is 5.19. The zero-order valence-electron chi connectivity index (χ0n) is 20.4. The summed E-state index contributed by atoms with van der Waals surface area (Å²) in [5.41, 5.74) is -1.78. The maximum absolute atomic E-state index is 13.2. The van der Waals surface area contributed by atoms with Crippen molar-refractivity contribution < 1.29 is 24.5 Å². The molecule has 0 bridgehead atoms. The zero-order valence-corrected chi connectivity index (χ0v) is 20.4. The number of hydrogen-bond donors (Lipinski definition) is 2. The fourth-order valence-electron chi connectivity index (χ4n) is 10.4. The van der Waals surface area contributed by atoms with Gasteiger partial charge in [0.15, 0.2) is 0 Å². The average Bonchev–Trinajstić information content (AvgIpc) is 3.00. The predicted molar refractivity (Wildman–Crippen MR) is 121 cm³/mol. The van der Waals surface area contributed by atoms with Crippen molar-refractivity contribution in [2.24, 2.45) is 39.9 Å². The molecule has 0 saturated heterocycles. The van der Waals surface area contributed by atoms with Gasteiger partial charge in [0.25, 0.3) is 0 Å². The smallest absolute Gasteiger partial charge is 0.302 e. The van der Waals surface area contributed by atoms with Gasteiger partial charge < -0.3 is 14.9 Å². The van der Waals surface area contributed by atoms with Gasteiger partial charge in [-0.25, -0.2) is 0 Å². The van der Waals surface area contributed by atoms with Crippen LogP contribution in [-0.2, 0) is 14.3 Å². The lowest BCUT2D eigenvalue weighted by atomic mass is 9.41. The molecule has 10 unspecified atom stereocenters. The molecule has 0 aromatic carbocycles. The van der Waals surface area contributed by atoms with E-state index in [1.54, 1.807) is 0 Å². The van der Waals surface area contributed by atoms with Gasteiger partial charge in [0.2, 0.25) is 0 Å². The number of hydrogen-bond acceptors (Lipinski definition) is 5. The SMILES string of the molecule is CC(=O)OC1CCC2(C)C3CCC4(C)C(CC5CCCCC54C(C)=O)C3CC(O)C2(O)C1. The summed E-state index contributed by atoms with van der Waals surface area (Å²) in [4.78, 5) is 24.8. The van der Waals surface area contributed by atoms with Gasteiger partial charge in [0.1, 0.15) is 11.9 Å². The monoisotopic (exact) mass is 446 g/mol. The lowest BCUT2D eigenvalue weighted by Crippen LogP contribution is -2.69. The lowest BCUT2D eigenvalue weighted by Gasteiger charge is -2.66. The fourth-order valence-corrected chi connectivity index (χ4v) is 10.4. The molecule has 5 nitrogen and oxygen atoms in total. The summed E-state index contributed by atoms with van der Waals surface area (Å²) in [6.45, 7) is 7.83. The van der Waals surface area contributed by atoms with E-state index in [1.165, 1.54) is 13.3 Å². The Labute approximate surface area is 192 Å². The van der Waals surface area contributed by atoms with E-state index < -0.39 is 11.7 Å². The zero-order chi connectivity index (χ0) is 23.1. The van der Waals surface area contributed by atoms with Crippen molar-refractivity contribution in [3.8, 4) is 0 Å². The number of rotatable bonds is 2. The number of carbonyl (C=O) groups is 2. The van der Waals surface area contributed by atoms with Gasteiger partial charge in [0.05, 0.1) is 11.7 Å². The second kappa shape index (κ2) is 7.28. The van der Waals surface area contributed by atoms with Crippen LogP contribution in [0, 0.1) is 39.9 Å². The van der Waals surface area contributed by atoms with Gasteiger partial charge in [-0.2, -0.15) is 0 Å². The number of aliphatic hydroxyl groups excluding tert-OH is 1. The topological polar surface area (TPSA) is 83.8 Å². The molecule has 5 fully saturated rings. The third kappa shape index (κ3) is 2.70. The Morgan fingerprint density at radius 2 is 1.62 bits per heavy atom. The Bertz CT molecular complexity index is 810. The van der Waals surface area contributed by atoms with E-state index >= 15 is 0 Å². The predicted octanol–water partition coefficient (Wildman–Crippen LogP) is 4.42. The Morgan fingerprint density at radius 3 is 2.31 bits per heavy atom. The summed E-state index contributed by atoms with van der Waals surface area (Å²) >= 11 is 0. The first-order chi connectivity index (χ1) is 15.0. The summed E-state index contributed by atoms with van der Waals surface area (Å²) in [7, 11) is 0. The van der Waals surface area contributed by atoms with Crippen molar-refractivity contribution in [1.29, 1.82) is 0 Å². The molecule has 0 aromatic rings. The van der Waals surface area contributed by atoms with Gasteiger partial charge in [-0.05, 0) is 87.4 Å². The minimum absolute atomic E-state index is 0.00552. The highest BCUT2D eigenvalue weighted by Crippen LogP contribution is 2.74. The van der Waals surface area contributed by atoms with Crippen LogP contribution in [0.25, 0.3) is 0 Å². The van der Waals surface area contributed by atoms with Crippen molar-refractivity contribution in [2.75, 3.05) is 0 Å². The molecule has 180 valence electrons. The summed E-state index contributed by atoms with van der Waals surface area (Å²) in [6, 6.07) is 0. The van der Waals surface area contributed by atoms with Gasteiger partial charge in [-0.1, -0.05) is 26.7 Å². The van der Waals surface area contributed by atoms with Crippen molar-refractivity contribution >= 4 is 11.8 Å². The molecular formula is C27H42O5. The molecule has 0 radical (unpaired) electrons. The second-order valence-electron chi connectivity index (χ2n) is 12.6. The first-order valence-corrected chi connectivity index (χ1v) is 13.1. The molecule has 5 aliphatic rings. The van der Waals surface area contributed by atoms with E-state index in [0.29, 0.717) is 42.3 Å². The number of ether oxygens (including phenoxy) is 1. The number of carbonyl (C=O) groups excluding carboxylic acids is 2. The maximum Gasteiger partial charge on any atom is 0.302 e. The molecule has 10 atom stereocenters. The van der Waals surface area contributed by atoms with Crippen LogP contribution in [0.4, 0.5) is 0 Å². The number of aliphatic hydroxyl groups is 2. The lowest BCUT2D eigenvalue weighted by molar-refractivity contribution is -0.267. The Hall–Kier alpha value is -0.940. The minimum atomic E-state index is -1.22. The number of ketones is 1. The molecule has 0 aromatic heterocycles. The quantitative estimate of drug-likeness (QED) is 0.614. The van der Waals surface area contributed by atoms with Gasteiger partial charge in [0, 0.05) is 24.2 Å². The van der Waals surface area contributed by atoms with Crippen LogP contribution >= 0.6 is 0 Å². The summed E-state index contributed by atoms with van der Waals surface area (Å²) < 4.78 is 5.48. The van der Waals surface area contributed by atoms with E-state index in [9.17, 15) is 19.8 Å². The molecule has 5 rings (SSSR count). The van der Waals surface area contributed by atoms with Crippen LogP contribution in [0.3, 0.4) is 0 Å². The van der Waals surface area contributed by atoms with Crippen molar-refractivity contribution in [2.45, 2.75) is 116 Å². The van der Waals surface area contributed by atoms with Gasteiger partial charge >= 0.3 is 5.97 Å². The van der Waals surface area contributed by atoms with Crippen molar-refractivity contribution in [3.05, 3.63) is 0 Å². The Morgan fingerprint density at radius 1 is 0.906 bits per heavy atom. The molecule has 0 spiro atoms. The van der Waals surface area contributed by atoms with Crippen molar-refractivity contribution in [1.82, 2.24) is 0 Å². The molecule has 5 aliphatic carbocycles. The number of fused-ring (bicyclic) bond motifs is 7. The van der Waals surface area contributed by atoms with Crippen LogP contribution < -0.4 is 0 Å². The Balaban J connectivity index is 1.49. The first-order valence-electron chi connectivity index (χ1n) is 13.1. The minimum Gasteiger partial charge on any atom is -0.462 e. The van der Waals surface area contributed by atoms with E-state index in [0.717, 1.165) is 51.4 Å². The summed E-state index contributed by atoms with van der Waals surface area (Å²) in [6.07, 6.45) is 9.06. The molecule has 0 amide bonds. The molecule has 5 saturated carbocycles. The first kappa shape index (κ1) is 22.8. The van der Waals surface area contributed by atoms with Crippen molar-refractivity contribution in [3.63, 3.8) is 0 Å². The van der Waals surface area contributed by atoms with Crippen LogP contribution in [0.2, 0.25) is 0 Å². The summed E-state index contributed by atoms with van der Waals surface area (Å²) in [5, 5.41) is 23.3. The van der Waals surface area contributed by atoms with Crippen LogP contribution in [-0.4, -0.2) is 39.8 Å². The van der Waals surface area contributed by atoms with Gasteiger partial charge in [-0.15, -0.1) is 0 Å². The van der Waals surface area contributed by atoms with E-state index in [4.69, 9.17) is 4.74 Å². The number of Topliss-reactive ketones (excluding diaryl/α,β-unsaturated/α-hetero) is 1. The standard InChI is InChI=1S/C27H42O5/c1-16(28)26-10-6-5-7-18(26)13-22-20-14-23(30)27(31)15-19(32-17(2)29)8-11-25(27,4)21(20)9-12-24(22,26)3/h18-23,30-31H,5-15H2,1-4H3. The highest BCUT2D eigenvalue weighted by molar-refractivity contribution is 5.84. The molecule has 5 heteroatoms. The number of esters is 1. The van der Waals surface area contributed by atoms with Crippen LogP contribution in [0.1, 0.15) is 98.3 Å². The van der Waals surface area contributed by atoms with Gasteiger partial charge in [-0.3, -0.25) is 9.59 Å². The average molecular weight is 447 g/mol. The molecule has 32 heavy (non-hydrogen) atoms. The van der Waals surface area contributed by atoms with E-state index in [-0.39, 0.29) is 28.3 Å². The third-order valence-electron chi connectivity index (χ3n) is 11.8. The highest BCUT2D eigenvalue weighted by atomic mass is 16.5. The van der Waals surface area contributed by atoms with Crippen LogP contribution in [0.5, 0.6) is 0 Å². The highest BCUT2D eigenvalue weighted by Gasteiger charge is 2.72. The molecule has 0 aliphatic heterocycles. The largest absolute Gasteiger partial charge is 0.462 e. The van der Waals surface area contributed by atoms with E-state index in [1.807, 2.05) is 6.92 Å². The molecule has 0 heterocycles. The third-order valence-corrected chi connectivity index (χ3v) is 11.8. The molecule has 2 N–H and O–H groups in total.